The van der Waals surface area contributed by atoms with Crippen molar-refractivity contribution in [3.63, 3.8) is 0 Å². The molecule has 0 spiro atoms. The molecule has 1 N–H and O–H groups in total. The van der Waals surface area contributed by atoms with Gasteiger partial charge < -0.3 is 10.2 Å². The highest BCUT2D eigenvalue weighted by Crippen LogP contribution is 2.20. The number of sulfonamides is 1. The van der Waals surface area contributed by atoms with E-state index < -0.39 is 45.8 Å². The molecule has 0 saturated heterocycles. The van der Waals surface area contributed by atoms with Gasteiger partial charge in [0, 0.05) is 31.1 Å². The Labute approximate surface area is 230 Å². The van der Waals surface area contributed by atoms with E-state index in [9.17, 15) is 22.4 Å². The lowest BCUT2D eigenvalue weighted by atomic mass is 10.0. The smallest absolute Gasteiger partial charge is 0.243 e. The molecule has 0 aliphatic rings. The Kier molecular flexibility index (Phi) is 9.63. The standard InChI is InChI=1S/C30H36FN3O4S/c1-22-15-17-25(18-16-22)39(37,38)33(5)21-28(35)34(20-24-13-9-10-14-26(24)31)27(29(36)32-30(2,3)4)19-23-11-7-6-8-12-23/h6-18,27H,19-21H2,1-5H3,(H,32,36)/t27-/m1/s1. The van der Waals surface area contributed by atoms with Gasteiger partial charge in [-0.2, -0.15) is 4.31 Å². The second-order valence-electron chi connectivity index (χ2n) is 10.6. The van der Waals surface area contributed by atoms with E-state index >= 15 is 0 Å². The van der Waals surface area contributed by atoms with Gasteiger partial charge in [0.25, 0.3) is 0 Å². The van der Waals surface area contributed by atoms with E-state index in [0.717, 1.165) is 15.4 Å². The van der Waals surface area contributed by atoms with Crippen molar-refractivity contribution < 1.29 is 22.4 Å². The largest absolute Gasteiger partial charge is 0.350 e. The third kappa shape index (κ3) is 8.21. The third-order valence-electron chi connectivity index (χ3n) is 6.15. The summed E-state index contributed by atoms with van der Waals surface area (Å²) in [6.07, 6.45) is 0.164. The molecule has 1 atom stereocenters. The summed E-state index contributed by atoms with van der Waals surface area (Å²) in [7, 11) is -2.67. The van der Waals surface area contributed by atoms with Crippen LogP contribution in [0, 0.1) is 12.7 Å². The number of hydrogen-bond donors (Lipinski definition) is 1. The lowest BCUT2D eigenvalue weighted by Gasteiger charge is -2.34. The Bertz CT molecular complexity index is 1390. The van der Waals surface area contributed by atoms with E-state index in [1.165, 1.54) is 30.1 Å². The van der Waals surface area contributed by atoms with Gasteiger partial charge in [-0.3, -0.25) is 9.59 Å². The molecule has 7 nitrogen and oxygen atoms in total. The van der Waals surface area contributed by atoms with E-state index in [1.54, 1.807) is 30.3 Å². The second kappa shape index (κ2) is 12.5. The van der Waals surface area contributed by atoms with E-state index in [-0.39, 0.29) is 23.4 Å². The molecule has 0 unspecified atom stereocenters. The van der Waals surface area contributed by atoms with Crippen LogP contribution in [0.3, 0.4) is 0 Å². The van der Waals surface area contributed by atoms with Crippen LogP contribution in [0.25, 0.3) is 0 Å². The van der Waals surface area contributed by atoms with Gasteiger partial charge in [-0.25, -0.2) is 12.8 Å². The van der Waals surface area contributed by atoms with E-state index in [4.69, 9.17) is 0 Å². The zero-order valence-electron chi connectivity index (χ0n) is 23.0. The zero-order valence-corrected chi connectivity index (χ0v) is 23.8. The van der Waals surface area contributed by atoms with Gasteiger partial charge in [0.2, 0.25) is 21.8 Å². The lowest BCUT2D eigenvalue weighted by molar-refractivity contribution is -0.142. The number of aryl methyl sites for hydroxylation is 1. The number of carbonyl (C=O) groups excluding carboxylic acids is 2. The van der Waals surface area contributed by atoms with Gasteiger partial charge in [-0.05, 0) is 51.5 Å². The summed E-state index contributed by atoms with van der Waals surface area (Å²) in [4.78, 5) is 28.7. The van der Waals surface area contributed by atoms with Crippen LogP contribution in [0.1, 0.15) is 37.5 Å². The predicted octanol–water partition coefficient (Wildman–Crippen LogP) is 4.31. The molecule has 0 aliphatic heterocycles. The van der Waals surface area contributed by atoms with Crippen molar-refractivity contribution in [3.8, 4) is 0 Å². The molecule has 0 aromatic heterocycles. The highest BCUT2D eigenvalue weighted by Gasteiger charge is 2.34. The molecule has 0 saturated carbocycles. The number of likely N-dealkylation sites (N-methyl/N-ethyl adjacent to an activating group) is 1. The zero-order chi connectivity index (χ0) is 28.8. The second-order valence-corrected chi connectivity index (χ2v) is 12.7. The molecule has 9 heteroatoms. The minimum absolute atomic E-state index is 0.0513. The number of nitrogens with zero attached hydrogens (tertiary/aromatic N) is 2. The van der Waals surface area contributed by atoms with Crippen molar-refractivity contribution in [3.05, 3.63) is 101 Å². The fraction of sp³-hybridized carbons (Fsp3) is 0.333. The van der Waals surface area contributed by atoms with Crippen molar-refractivity contribution in [2.75, 3.05) is 13.6 Å². The Morgan fingerprint density at radius 3 is 2.10 bits per heavy atom. The third-order valence-corrected chi connectivity index (χ3v) is 7.97. The molecule has 3 aromatic rings. The molecule has 0 fully saturated rings. The van der Waals surface area contributed by atoms with Crippen LogP contribution in [-0.2, 0) is 32.6 Å². The Morgan fingerprint density at radius 2 is 1.51 bits per heavy atom. The van der Waals surface area contributed by atoms with Gasteiger partial charge in [-0.15, -0.1) is 0 Å². The summed E-state index contributed by atoms with van der Waals surface area (Å²) in [6, 6.07) is 20.5. The number of carbonyl (C=O) groups is 2. The van der Waals surface area contributed by atoms with Crippen molar-refractivity contribution in [1.82, 2.24) is 14.5 Å². The molecule has 2 amide bonds. The van der Waals surface area contributed by atoms with Crippen LogP contribution in [0.15, 0.2) is 83.8 Å². The van der Waals surface area contributed by atoms with Crippen molar-refractivity contribution >= 4 is 21.8 Å². The fourth-order valence-corrected chi connectivity index (χ4v) is 5.19. The number of rotatable bonds is 10. The molecule has 0 aliphatic carbocycles. The minimum atomic E-state index is -3.99. The number of amides is 2. The Hall–Kier alpha value is -3.56. The van der Waals surface area contributed by atoms with E-state index in [2.05, 4.69) is 5.32 Å². The maximum absolute atomic E-state index is 14.7. The SMILES string of the molecule is Cc1ccc(S(=O)(=O)N(C)CC(=O)N(Cc2ccccc2F)[C@H](Cc2ccccc2)C(=O)NC(C)(C)C)cc1. The predicted molar refractivity (Wildman–Crippen MR) is 150 cm³/mol. The first-order chi connectivity index (χ1) is 18.3. The number of halogens is 1. The summed E-state index contributed by atoms with van der Waals surface area (Å²) >= 11 is 0. The van der Waals surface area contributed by atoms with Crippen LogP contribution < -0.4 is 5.32 Å². The average Bonchev–Trinajstić information content (AvgIpc) is 2.87. The fourth-order valence-electron chi connectivity index (χ4n) is 4.07. The molecular formula is C30H36FN3O4S. The van der Waals surface area contributed by atoms with Crippen LogP contribution in [0.5, 0.6) is 0 Å². The molecule has 0 radical (unpaired) electrons. The van der Waals surface area contributed by atoms with Gasteiger partial charge in [0.05, 0.1) is 11.4 Å². The average molecular weight is 554 g/mol. The van der Waals surface area contributed by atoms with Crippen molar-refractivity contribution in [2.24, 2.45) is 0 Å². The highest BCUT2D eigenvalue weighted by molar-refractivity contribution is 7.89. The number of nitrogens with one attached hydrogen (secondary N) is 1. The van der Waals surface area contributed by atoms with Crippen LogP contribution in [0.4, 0.5) is 4.39 Å². The molecule has 208 valence electrons. The first-order valence-corrected chi connectivity index (χ1v) is 14.1. The van der Waals surface area contributed by atoms with Crippen LogP contribution in [0.2, 0.25) is 0 Å². The summed E-state index contributed by atoms with van der Waals surface area (Å²) in [6.45, 7) is 6.60. The molecule has 39 heavy (non-hydrogen) atoms. The molecule has 0 heterocycles. The first kappa shape index (κ1) is 30.0. The molecule has 3 aromatic carbocycles. The summed E-state index contributed by atoms with van der Waals surface area (Å²) in [5, 5.41) is 2.93. The van der Waals surface area contributed by atoms with Crippen LogP contribution in [-0.4, -0.2) is 54.6 Å². The monoisotopic (exact) mass is 553 g/mol. The molecular weight excluding hydrogens is 517 g/mol. The van der Waals surface area contributed by atoms with Gasteiger partial charge in [0.15, 0.2) is 0 Å². The highest BCUT2D eigenvalue weighted by atomic mass is 32.2. The van der Waals surface area contributed by atoms with Gasteiger partial charge in [0.1, 0.15) is 11.9 Å². The van der Waals surface area contributed by atoms with Gasteiger partial charge >= 0.3 is 0 Å². The number of benzene rings is 3. The van der Waals surface area contributed by atoms with E-state index in [0.29, 0.717) is 0 Å². The normalized spacial score (nSPS) is 12.7. The maximum atomic E-state index is 14.7. The van der Waals surface area contributed by atoms with Crippen molar-refractivity contribution in [2.45, 2.75) is 57.1 Å². The topological polar surface area (TPSA) is 86.8 Å². The van der Waals surface area contributed by atoms with Gasteiger partial charge in [-0.1, -0.05) is 66.2 Å². The van der Waals surface area contributed by atoms with E-state index in [1.807, 2.05) is 58.0 Å². The first-order valence-electron chi connectivity index (χ1n) is 12.7. The van der Waals surface area contributed by atoms with Crippen LogP contribution >= 0.6 is 0 Å². The summed E-state index contributed by atoms with van der Waals surface area (Å²) < 4.78 is 42.1. The maximum Gasteiger partial charge on any atom is 0.243 e. The Morgan fingerprint density at radius 1 is 0.923 bits per heavy atom. The minimum Gasteiger partial charge on any atom is -0.350 e. The lowest BCUT2D eigenvalue weighted by Crippen LogP contribution is -2.56. The Balaban J connectivity index is 2.00. The molecule has 3 rings (SSSR count). The summed E-state index contributed by atoms with van der Waals surface area (Å²) in [5.74, 6) is -1.56. The summed E-state index contributed by atoms with van der Waals surface area (Å²) in [5.41, 5.74) is 1.33. The molecule has 0 bridgehead atoms. The quantitative estimate of drug-likeness (QED) is 0.406. The number of hydrogen-bond acceptors (Lipinski definition) is 4. The van der Waals surface area contributed by atoms with Crippen molar-refractivity contribution in [1.29, 1.82) is 0 Å².